The van der Waals surface area contributed by atoms with Crippen LogP contribution in [0.1, 0.15) is 17.5 Å². The zero-order valence-corrected chi connectivity index (χ0v) is 15.9. The SMILES string of the molecule is COc1ccc(NS(=O)(=O)c2cccc(F)c2)c2c1CC(N(C)C)CC2. The van der Waals surface area contributed by atoms with Crippen molar-refractivity contribution in [1.82, 2.24) is 4.90 Å². The van der Waals surface area contributed by atoms with Crippen molar-refractivity contribution >= 4 is 15.7 Å². The number of ether oxygens (including phenoxy) is 1. The number of sulfonamides is 1. The number of likely N-dealkylation sites (N-methyl/N-ethyl adjacent to an activating group) is 1. The maximum atomic E-state index is 13.4. The molecule has 1 unspecified atom stereocenters. The summed E-state index contributed by atoms with van der Waals surface area (Å²) in [5.74, 6) is 0.179. The fraction of sp³-hybridized carbons (Fsp3) is 0.368. The highest BCUT2D eigenvalue weighted by Gasteiger charge is 2.27. The summed E-state index contributed by atoms with van der Waals surface area (Å²) in [5.41, 5.74) is 2.50. The molecule has 1 N–H and O–H groups in total. The van der Waals surface area contributed by atoms with Crippen LogP contribution in [0.2, 0.25) is 0 Å². The van der Waals surface area contributed by atoms with Crippen LogP contribution in [0.15, 0.2) is 41.3 Å². The van der Waals surface area contributed by atoms with E-state index >= 15 is 0 Å². The highest BCUT2D eigenvalue weighted by Crippen LogP contribution is 2.36. The van der Waals surface area contributed by atoms with E-state index in [0.29, 0.717) is 11.7 Å². The number of nitrogens with one attached hydrogen (secondary N) is 1. The van der Waals surface area contributed by atoms with Crippen molar-refractivity contribution in [3.05, 3.63) is 53.3 Å². The summed E-state index contributed by atoms with van der Waals surface area (Å²) in [6.07, 6.45) is 2.47. The number of benzene rings is 2. The van der Waals surface area contributed by atoms with E-state index in [-0.39, 0.29) is 4.90 Å². The van der Waals surface area contributed by atoms with Crippen molar-refractivity contribution in [2.45, 2.75) is 30.2 Å². The second kappa shape index (κ2) is 7.25. The van der Waals surface area contributed by atoms with E-state index in [9.17, 15) is 12.8 Å². The number of hydrogen-bond donors (Lipinski definition) is 1. The Morgan fingerprint density at radius 3 is 2.62 bits per heavy atom. The average molecular weight is 378 g/mol. The third-order valence-electron chi connectivity index (χ3n) is 4.86. The van der Waals surface area contributed by atoms with E-state index in [0.717, 1.165) is 42.2 Å². The second-order valence-corrected chi connectivity index (χ2v) is 8.38. The predicted molar refractivity (Wildman–Crippen MR) is 99.7 cm³/mol. The number of fused-ring (bicyclic) bond motifs is 1. The Hall–Kier alpha value is -2.12. The van der Waals surface area contributed by atoms with Gasteiger partial charge < -0.3 is 9.64 Å². The second-order valence-electron chi connectivity index (χ2n) is 6.70. The van der Waals surface area contributed by atoms with Crippen LogP contribution in [0.25, 0.3) is 0 Å². The summed E-state index contributed by atoms with van der Waals surface area (Å²) in [6, 6.07) is 8.87. The van der Waals surface area contributed by atoms with Crippen molar-refractivity contribution in [3.8, 4) is 5.75 Å². The Labute approximate surface area is 153 Å². The number of rotatable bonds is 5. The van der Waals surface area contributed by atoms with E-state index in [1.54, 1.807) is 19.2 Å². The maximum Gasteiger partial charge on any atom is 0.262 e. The fourth-order valence-electron chi connectivity index (χ4n) is 3.39. The smallest absolute Gasteiger partial charge is 0.262 e. The largest absolute Gasteiger partial charge is 0.496 e. The van der Waals surface area contributed by atoms with Gasteiger partial charge in [0.1, 0.15) is 11.6 Å². The maximum absolute atomic E-state index is 13.4. The molecule has 0 heterocycles. The summed E-state index contributed by atoms with van der Waals surface area (Å²) in [5, 5.41) is 0. The van der Waals surface area contributed by atoms with Crippen LogP contribution in [-0.2, 0) is 22.9 Å². The molecule has 140 valence electrons. The molecule has 0 aromatic heterocycles. The molecule has 0 amide bonds. The van der Waals surface area contributed by atoms with Gasteiger partial charge in [-0.05, 0) is 69.3 Å². The monoisotopic (exact) mass is 378 g/mol. The minimum Gasteiger partial charge on any atom is -0.496 e. The molecule has 0 fully saturated rings. The molecule has 0 aliphatic heterocycles. The fourth-order valence-corrected chi connectivity index (χ4v) is 4.52. The summed E-state index contributed by atoms with van der Waals surface area (Å²) >= 11 is 0. The van der Waals surface area contributed by atoms with Gasteiger partial charge in [-0.3, -0.25) is 4.72 Å². The first kappa shape index (κ1) is 18.7. The highest BCUT2D eigenvalue weighted by molar-refractivity contribution is 7.92. The molecule has 0 bridgehead atoms. The molecule has 26 heavy (non-hydrogen) atoms. The Balaban J connectivity index is 1.98. The molecule has 2 aromatic rings. The number of halogens is 1. The third-order valence-corrected chi connectivity index (χ3v) is 6.22. The van der Waals surface area contributed by atoms with Crippen molar-refractivity contribution in [2.24, 2.45) is 0 Å². The van der Waals surface area contributed by atoms with Crippen molar-refractivity contribution in [3.63, 3.8) is 0 Å². The van der Waals surface area contributed by atoms with E-state index < -0.39 is 15.8 Å². The Kier molecular flexibility index (Phi) is 5.20. The van der Waals surface area contributed by atoms with E-state index in [1.165, 1.54) is 18.2 Å². The zero-order chi connectivity index (χ0) is 18.9. The number of hydrogen-bond acceptors (Lipinski definition) is 4. The normalized spacial score (nSPS) is 17.0. The van der Waals surface area contributed by atoms with Gasteiger partial charge in [-0.2, -0.15) is 0 Å². The lowest BCUT2D eigenvalue weighted by Crippen LogP contribution is -2.34. The number of nitrogens with zero attached hydrogens (tertiary/aromatic N) is 1. The molecule has 1 aliphatic rings. The number of anilines is 1. The summed E-state index contributed by atoms with van der Waals surface area (Å²) in [4.78, 5) is 2.08. The van der Waals surface area contributed by atoms with Crippen molar-refractivity contribution < 1.29 is 17.5 Å². The molecule has 2 aromatic carbocycles. The topological polar surface area (TPSA) is 58.6 Å². The standard InChI is InChI=1S/C19H23FN2O3S/c1-22(2)14-7-8-16-17(12-14)19(25-3)10-9-18(16)21-26(23,24)15-6-4-5-13(20)11-15/h4-6,9-11,14,21H,7-8,12H2,1-3H3. The van der Waals surface area contributed by atoms with Gasteiger partial charge in [-0.15, -0.1) is 0 Å². The number of methoxy groups -OCH3 is 1. The van der Waals surface area contributed by atoms with Gasteiger partial charge in [0.05, 0.1) is 17.7 Å². The predicted octanol–water partition coefficient (Wildman–Crippen LogP) is 3.05. The van der Waals surface area contributed by atoms with E-state index in [4.69, 9.17) is 4.74 Å². The molecule has 3 rings (SSSR count). The van der Waals surface area contributed by atoms with Gasteiger partial charge in [0, 0.05) is 11.6 Å². The van der Waals surface area contributed by atoms with Gasteiger partial charge in [0.2, 0.25) is 0 Å². The van der Waals surface area contributed by atoms with Gasteiger partial charge >= 0.3 is 0 Å². The molecule has 0 radical (unpaired) electrons. The lowest BCUT2D eigenvalue weighted by atomic mass is 9.86. The quantitative estimate of drug-likeness (QED) is 0.869. The zero-order valence-electron chi connectivity index (χ0n) is 15.1. The van der Waals surface area contributed by atoms with Crippen LogP contribution >= 0.6 is 0 Å². The first-order valence-corrected chi connectivity index (χ1v) is 9.93. The molecule has 1 aliphatic carbocycles. The van der Waals surface area contributed by atoms with Gasteiger partial charge in [0.25, 0.3) is 10.0 Å². The van der Waals surface area contributed by atoms with Gasteiger partial charge in [0.15, 0.2) is 0 Å². The first-order valence-electron chi connectivity index (χ1n) is 8.45. The molecule has 0 saturated carbocycles. The lowest BCUT2D eigenvalue weighted by molar-refractivity contribution is 0.265. The summed E-state index contributed by atoms with van der Waals surface area (Å²) in [7, 11) is 1.84. The lowest BCUT2D eigenvalue weighted by Gasteiger charge is -2.32. The van der Waals surface area contributed by atoms with E-state index in [2.05, 4.69) is 9.62 Å². The van der Waals surface area contributed by atoms with Crippen LogP contribution in [0.4, 0.5) is 10.1 Å². The van der Waals surface area contributed by atoms with Crippen LogP contribution in [0.5, 0.6) is 5.75 Å². The van der Waals surface area contributed by atoms with Crippen LogP contribution in [-0.4, -0.2) is 40.6 Å². The minimum atomic E-state index is -3.86. The molecule has 7 heteroatoms. The van der Waals surface area contributed by atoms with Gasteiger partial charge in [-0.1, -0.05) is 6.07 Å². The molecule has 0 spiro atoms. The molecule has 1 atom stereocenters. The van der Waals surface area contributed by atoms with Crippen molar-refractivity contribution in [2.75, 3.05) is 25.9 Å². The van der Waals surface area contributed by atoms with Crippen molar-refractivity contribution in [1.29, 1.82) is 0 Å². The first-order chi connectivity index (χ1) is 12.3. The summed E-state index contributed by atoms with van der Waals surface area (Å²) in [6.45, 7) is 0. The third kappa shape index (κ3) is 3.68. The Morgan fingerprint density at radius 2 is 1.96 bits per heavy atom. The molecular weight excluding hydrogens is 355 g/mol. The summed E-state index contributed by atoms with van der Waals surface area (Å²) < 4.78 is 46.8. The van der Waals surface area contributed by atoms with E-state index in [1.807, 2.05) is 14.1 Å². The molecule has 5 nitrogen and oxygen atoms in total. The molecular formula is C19H23FN2O3S. The minimum absolute atomic E-state index is 0.0935. The van der Waals surface area contributed by atoms with Crippen LogP contribution in [0.3, 0.4) is 0 Å². The Bertz CT molecular complexity index is 913. The highest BCUT2D eigenvalue weighted by atomic mass is 32.2. The Morgan fingerprint density at radius 1 is 1.19 bits per heavy atom. The van der Waals surface area contributed by atoms with Crippen LogP contribution < -0.4 is 9.46 Å². The average Bonchev–Trinajstić information content (AvgIpc) is 2.61. The van der Waals surface area contributed by atoms with Gasteiger partial charge in [-0.25, -0.2) is 12.8 Å². The molecule has 0 saturated heterocycles. The van der Waals surface area contributed by atoms with Crippen LogP contribution in [0, 0.1) is 5.82 Å².